The van der Waals surface area contributed by atoms with Crippen molar-refractivity contribution >= 4 is 6.03 Å². The highest BCUT2D eigenvalue weighted by Crippen LogP contribution is 2.18. The Labute approximate surface area is 71.6 Å². The molecule has 0 aliphatic heterocycles. The molecule has 0 aliphatic rings. The van der Waals surface area contributed by atoms with Crippen molar-refractivity contribution in [2.45, 2.75) is 13.3 Å². The number of hydrogen-bond acceptors (Lipinski definition) is 3. The molecule has 2 amide bonds. The van der Waals surface area contributed by atoms with Gasteiger partial charge >= 0.3 is 6.03 Å². The van der Waals surface area contributed by atoms with Crippen LogP contribution in [0.3, 0.4) is 0 Å². The van der Waals surface area contributed by atoms with Gasteiger partial charge in [0.2, 0.25) is 0 Å². The molecule has 0 bridgehead atoms. The Hall–Kier alpha value is -0.810. The van der Waals surface area contributed by atoms with E-state index in [4.69, 9.17) is 15.9 Å². The van der Waals surface area contributed by atoms with Gasteiger partial charge < -0.3 is 21.3 Å². The van der Waals surface area contributed by atoms with Crippen molar-refractivity contribution in [3.63, 3.8) is 0 Å². The summed E-state index contributed by atoms with van der Waals surface area (Å²) in [5.74, 6) is 0. The van der Waals surface area contributed by atoms with E-state index in [1.54, 1.807) is 0 Å². The number of rotatable bonds is 5. The van der Waals surface area contributed by atoms with Crippen LogP contribution >= 0.6 is 0 Å². The monoisotopic (exact) mass is 176 g/mol. The summed E-state index contributed by atoms with van der Waals surface area (Å²) in [7, 11) is 0. The van der Waals surface area contributed by atoms with Crippen LogP contribution < -0.4 is 11.1 Å². The van der Waals surface area contributed by atoms with Crippen LogP contribution in [0.4, 0.5) is 4.79 Å². The minimum absolute atomic E-state index is 0.166. The van der Waals surface area contributed by atoms with E-state index < -0.39 is 11.4 Å². The smallest absolute Gasteiger partial charge is 0.312 e. The van der Waals surface area contributed by atoms with Crippen molar-refractivity contribution in [2.75, 3.05) is 19.8 Å². The normalized spacial score (nSPS) is 11.2. The van der Waals surface area contributed by atoms with Gasteiger partial charge in [0.05, 0.1) is 13.2 Å². The highest BCUT2D eigenvalue weighted by molar-refractivity contribution is 5.71. The molecule has 0 saturated carbocycles. The Morgan fingerprint density at radius 3 is 2.25 bits per heavy atom. The molecular weight excluding hydrogens is 160 g/mol. The summed E-state index contributed by atoms with van der Waals surface area (Å²) in [4.78, 5) is 10.3. The van der Waals surface area contributed by atoms with Gasteiger partial charge in [0.1, 0.15) is 0 Å². The van der Waals surface area contributed by atoms with Gasteiger partial charge in [-0.05, 0) is 6.42 Å². The first-order valence-electron chi connectivity index (χ1n) is 3.85. The van der Waals surface area contributed by atoms with Gasteiger partial charge in [-0.2, -0.15) is 0 Å². The molecule has 12 heavy (non-hydrogen) atoms. The van der Waals surface area contributed by atoms with Gasteiger partial charge in [-0.3, -0.25) is 0 Å². The second kappa shape index (κ2) is 4.95. The highest BCUT2D eigenvalue weighted by atomic mass is 16.3. The Morgan fingerprint density at radius 2 is 2.00 bits per heavy atom. The maximum absolute atomic E-state index is 10.3. The maximum Gasteiger partial charge on any atom is 0.312 e. The second-order valence-electron chi connectivity index (χ2n) is 2.89. The lowest BCUT2D eigenvalue weighted by Gasteiger charge is -2.27. The lowest BCUT2D eigenvalue weighted by molar-refractivity contribution is 0.0535. The minimum Gasteiger partial charge on any atom is -0.396 e. The molecule has 0 spiro atoms. The van der Waals surface area contributed by atoms with Gasteiger partial charge in [0.25, 0.3) is 0 Å². The SMILES string of the molecule is CCC(CO)(CO)CNC(N)=O. The zero-order valence-corrected chi connectivity index (χ0v) is 7.21. The average Bonchev–Trinajstić information content (AvgIpc) is 2.08. The minimum atomic E-state index is -0.644. The molecule has 5 nitrogen and oxygen atoms in total. The summed E-state index contributed by atoms with van der Waals surface area (Å²) in [5.41, 5.74) is 4.21. The summed E-state index contributed by atoms with van der Waals surface area (Å²) in [6.07, 6.45) is 0.584. The summed E-state index contributed by atoms with van der Waals surface area (Å²) >= 11 is 0. The molecule has 0 atom stereocenters. The van der Waals surface area contributed by atoms with Crippen LogP contribution in [0.1, 0.15) is 13.3 Å². The molecule has 0 aromatic rings. The van der Waals surface area contributed by atoms with E-state index in [0.717, 1.165) is 0 Å². The van der Waals surface area contributed by atoms with E-state index in [-0.39, 0.29) is 19.8 Å². The molecule has 0 aliphatic carbocycles. The first-order chi connectivity index (χ1) is 5.60. The molecule has 0 aromatic heterocycles. The summed E-state index contributed by atoms with van der Waals surface area (Å²) in [6, 6.07) is -0.644. The molecule has 0 saturated heterocycles. The molecule has 72 valence electrons. The van der Waals surface area contributed by atoms with Crippen molar-refractivity contribution in [1.82, 2.24) is 5.32 Å². The number of aliphatic hydroxyl groups is 2. The van der Waals surface area contributed by atoms with E-state index in [1.807, 2.05) is 6.92 Å². The van der Waals surface area contributed by atoms with E-state index in [2.05, 4.69) is 5.32 Å². The number of carbonyl (C=O) groups excluding carboxylic acids is 1. The molecule has 0 heterocycles. The Kier molecular flexibility index (Phi) is 4.61. The third kappa shape index (κ3) is 3.06. The average molecular weight is 176 g/mol. The first-order valence-corrected chi connectivity index (χ1v) is 3.85. The van der Waals surface area contributed by atoms with Crippen LogP contribution in [-0.2, 0) is 0 Å². The molecule has 0 fully saturated rings. The number of carbonyl (C=O) groups is 1. The van der Waals surface area contributed by atoms with Crippen molar-refractivity contribution in [3.05, 3.63) is 0 Å². The third-order valence-corrected chi connectivity index (χ3v) is 2.06. The summed E-state index contributed by atoms with van der Waals surface area (Å²) in [5, 5.41) is 20.2. The standard InChI is InChI=1S/C7H16N2O3/c1-2-7(4-10,5-11)3-9-6(8)12/h10-11H,2-5H2,1H3,(H3,8,9,12). The molecule has 0 unspecified atom stereocenters. The largest absolute Gasteiger partial charge is 0.396 e. The van der Waals surface area contributed by atoms with Crippen molar-refractivity contribution in [2.24, 2.45) is 11.1 Å². The number of urea groups is 1. The summed E-state index contributed by atoms with van der Waals surface area (Å²) < 4.78 is 0. The topological polar surface area (TPSA) is 95.6 Å². The van der Waals surface area contributed by atoms with Crippen LogP contribution in [0, 0.1) is 5.41 Å². The second-order valence-corrected chi connectivity index (χ2v) is 2.89. The first kappa shape index (κ1) is 11.2. The van der Waals surface area contributed by atoms with Crippen LogP contribution in [-0.4, -0.2) is 36.0 Å². The fraction of sp³-hybridized carbons (Fsp3) is 0.857. The zero-order valence-electron chi connectivity index (χ0n) is 7.21. The van der Waals surface area contributed by atoms with Crippen molar-refractivity contribution in [1.29, 1.82) is 0 Å². The third-order valence-electron chi connectivity index (χ3n) is 2.06. The maximum atomic E-state index is 10.3. The molecule has 0 radical (unpaired) electrons. The predicted molar refractivity (Wildman–Crippen MR) is 44.5 cm³/mol. The van der Waals surface area contributed by atoms with Gasteiger partial charge in [0.15, 0.2) is 0 Å². The fourth-order valence-corrected chi connectivity index (χ4v) is 0.785. The van der Waals surface area contributed by atoms with Gasteiger partial charge in [-0.1, -0.05) is 6.92 Å². The van der Waals surface area contributed by atoms with Crippen LogP contribution in [0.5, 0.6) is 0 Å². The molecule has 0 aromatic carbocycles. The predicted octanol–water partition coefficient (Wildman–Crippen LogP) is -0.964. The highest BCUT2D eigenvalue weighted by Gasteiger charge is 2.26. The lowest BCUT2D eigenvalue weighted by atomic mass is 9.87. The van der Waals surface area contributed by atoms with E-state index in [9.17, 15) is 4.79 Å². The number of nitrogens with two attached hydrogens (primary N) is 1. The summed E-state index contributed by atoms with van der Waals surface area (Å²) in [6.45, 7) is 1.70. The molecule has 5 heteroatoms. The van der Waals surface area contributed by atoms with E-state index >= 15 is 0 Å². The number of hydrogen-bond donors (Lipinski definition) is 4. The Balaban J connectivity index is 4.01. The number of amides is 2. The number of nitrogens with one attached hydrogen (secondary N) is 1. The van der Waals surface area contributed by atoms with Crippen molar-refractivity contribution in [3.8, 4) is 0 Å². The van der Waals surface area contributed by atoms with Gasteiger partial charge in [-0.25, -0.2) is 4.79 Å². The van der Waals surface area contributed by atoms with Crippen LogP contribution in [0.2, 0.25) is 0 Å². The number of primary amides is 1. The van der Waals surface area contributed by atoms with Crippen LogP contribution in [0.25, 0.3) is 0 Å². The van der Waals surface area contributed by atoms with Gasteiger partial charge in [-0.15, -0.1) is 0 Å². The quantitative estimate of drug-likeness (QED) is 0.434. The Bertz CT molecular complexity index is 137. The van der Waals surface area contributed by atoms with E-state index in [1.165, 1.54) is 0 Å². The van der Waals surface area contributed by atoms with E-state index in [0.29, 0.717) is 6.42 Å². The van der Waals surface area contributed by atoms with Crippen molar-refractivity contribution < 1.29 is 15.0 Å². The molecule has 0 rings (SSSR count). The zero-order chi connectivity index (χ0) is 9.61. The fourth-order valence-electron chi connectivity index (χ4n) is 0.785. The number of aliphatic hydroxyl groups excluding tert-OH is 2. The lowest BCUT2D eigenvalue weighted by Crippen LogP contribution is -2.44. The molecular formula is C7H16N2O3. The van der Waals surface area contributed by atoms with Crippen LogP contribution in [0.15, 0.2) is 0 Å². The Morgan fingerprint density at radius 1 is 1.50 bits per heavy atom. The van der Waals surface area contributed by atoms with Gasteiger partial charge in [0, 0.05) is 12.0 Å². The molecule has 5 N–H and O–H groups in total.